The first-order valence-corrected chi connectivity index (χ1v) is 8.02. The van der Waals surface area contributed by atoms with Crippen LogP contribution in [0.15, 0.2) is 43.0 Å². The highest BCUT2D eigenvalue weighted by molar-refractivity contribution is 5.79. The van der Waals surface area contributed by atoms with Gasteiger partial charge in [0.25, 0.3) is 0 Å². The molecule has 0 aromatic carbocycles. The van der Waals surface area contributed by atoms with E-state index in [9.17, 15) is 4.79 Å². The molecule has 4 rings (SSSR count). The second-order valence-corrected chi connectivity index (χ2v) is 6.00. The van der Waals surface area contributed by atoms with Crippen LogP contribution in [0, 0.1) is 5.92 Å². The molecule has 3 aromatic heterocycles. The monoisotopic (exact) mass is 325 g/mol. The molecule has 24 heavy (non-hydrogen) atoms. The molecule has 4 heterocycles. The quantitative estimate of drug-likeness (QED) is 0.788. The van der Waals surface area contributed by atoms with E-state index in [-0.39, 0.29) is 17.9 Å². The number of imidazole rings is 1. The van der Waals surface area contributed by atoms with E-state index in [2.05, 4.69) is 15.4 Å². The molecule has 1 saturated heterocycles. The third-order valence-corrected chi connectivity index (χ3v) is 4.50. The van der Waals surface area contributed by atoms with Crippen LogP contribution in [0.2, 0.25) is 0 Å². The second-order valence-electron chi connectivity index (χ2n) is 6.00. The van der Waals surface area contributed by atoms with Gasteiger partial charge in [0.2, 0.25) is 5.91 Å². The van der Waals surface area contributed by atoms with Crippen molar-refractivity contribution in [3.05, 3.63) is 54.4 Å². The van der Waals surface area contributed by atoms with Crippen LogP contribution in [-0.2, 0) is 23.1 Å². The third-order valence-electron chi connectivity index (χ3n) is 4.50. The van der Waals surface area contributed by atoms with E-state index >= 15 is 0 Å². The SMILES string of the molecule is Cn1ccnc1[C@@H]1OCC[C@H]1C(=O)NCc1cnn2ccccc12. The summed E-state index contributed by atoms with van der Waals surface area (Å²) in [6.07, 6.45) is 7.70. The van der Waals surface area contributed by atoms with E-state index in [4.69, 9.17) is 4.74 Å². The number of amides is 1. The molecular formula is C17H19N5O2. The number of carbonyl (C=O) groups excluding carboxylic acids is 1. The standard InChI is InChI=1S/C17H19N5O2/c1-21-8-6-18-16(21)15-13(5-9-24-15)17(23)19-10-12-11-20-22-7-3-2-4-14(12)22/h2-4,6-8,11,13,15H,5,9-10H2,1H3,(H,19,23)/t13-,15-/m1/s1. The molecule has 2 atom stereocenters. The molecule has 0 saturated carbocycles. The molecule has 0 aliphatic carbocycles. The molecule has 0 radical (unpaired) electrons. The number of nitrogens with one attached hydrogen (secondary N) is 1. The molecule has 1 N–H and O–H groups in total. The summed E-state index contributed by atoms with van der Waals surface area (Å²) in [6, 6.07) is 5.88. The van der Waals surface area contributed by atoms with Gasteiger partial charge in [-0.1, -0.05) is 6.07 Å². The lowest BCUT2D eigenvalue weighted by Crippen LogP contribution is -2.32. The predicted molar refractivity (Wildman–Crippen MR) is 87.0 cm³/mol. The molecule has 1 fully saturated rings. The predicted octanol–water partition coefficient (Wildman–Crippen LogP) is 1.46. The van der Waals surface area contributed by atoms with Crippen LogP contribution in [0.3, 0.4) is 0 Å². The Hall–Kier alpha value is -2.67. The summed E-state index contributed by atoms with van der Waals surface area (Å²) in [5, 5.41) is 7.31. The number of aromatic nitrogens is 4. The number of pyridine rings is 1. The molecule has 1 aliphatic rings. The first-order chi connectivity index (χ1) is 11.7. The number of ether oxygens (including phenoxy) is 1. The van der Waals surface area contributed by atoms with Crippen molar-refractivity contribution in [1.82, 2.24) is 24.5 Å². The van der Waals surface area contributed by atoms with Gasteiger partial charge in [0.15, 0.2) is 0 Å². The topological polar surface area (TPSA) is 73.5 Å². The minimum Gasteiger partial charge on any atom is -0.369 e. The molecule has 0 spiro atoms. The van der Waals surface area contributed by atoms with Crippen molar-refractivity contribution < 1.29 is 9.53 Å². The number of hydrogen-bond acceptors (Lipinski definition) is 4. The van der Waals surface area contributed by atoms with Gasteiger partial charge in [-0.25, -0.2) is 9.50 Å². The summed E-state index contributed by atoms with van der Waals surface area (Å²) in [5.41, 5.74) is 2.00. The van der Waals surface area contributed by atoms with Gasteiger partial charge in [-0.15, -0.1) is 0 Å². The van der Waals surface area contributed by atoms with E-state index in [0.717, 1.165) is 16.9 Å². The maximum absolute atomic E-state index is 12.6. The number of nitrogens with zero attached hydrogens (tertiary/aromatic N) is 4. The van der Waals surface area contributed by atoms with Gasteiger partial charge in [0.1, 0.15) is 11.9 Å². The van der Waals surface area contributed by atoms with Crippen LogP contribution < -0.4 is 5.32 Å². The van der Waals surface area contributed by atoms with Gasteiger partial charge in [0, 0.05) is 44.4 Å². The Morgan fingerprint density at radius 1 is 1.42 bits per heavy atom. The lowest BCUT2D eigenvalue weighted by atomic mass is 9.99. The van der Waals surface area contributed by atoms with Crippen LogP contribution in [-0.4, -0.2) is 31.7 Å². The van der Waals surface area contributed by atoms with Gasteiger partial charge in [-0.2, -0.15) is 5.10 Å². The van der Waals surface area contributed by atoms with E-state index in [1.54, 1.807) is 16.9 Å². The highest BCUT2D eigenvalue weighted by Crippen LogP contribution is 2.33. The fourth-order valence-corrected chi connectivity index (χ4v) is 3.20. The first kappa shape index (κ1) is 14.9. The maximum Gasteiger partial charge on any atom is 0.226 e. The Labute approximate surface area is 139 Å². The molecule has 124 valence electrons. The fraction of sp³-hybridized carbons (Fsp3) is 0.353. The molecule has 7 nitrogen and oxygen atoms in total. The molecular weight excluding hydrogens is 306 g/mol. The highest BCUT2D eigenvalue weighted by Gasteiger charge is 2.37. The minimum atomic E-state index is -0.283. The lowest BCUT2D eigenvalue weighted by Gasteiger charge is -2.17. The Kier molecular flexibility index (Phi) is 3.78. The Morgan fingerprint density at radius 3 is 3.17 bits per heavy atom. The average Bonchev–Trinajstić information content (AvgIpc) is 3.31. The van der Waals surface area contributed by atoms with Crippen LogP contribution in [0.1, 0.15) is 23.9 Å². The summed E-state index contributed by atoms with van der Waals surface area (Å²) in [5.74, 6) is 0.576. The Bertz CT molecular complexity index is 869. The van der Waals surface area contributed by atoms with Gasteiger partial charge in [0.05, 0.1) is 17.6 Å². The summed E-state index contributed by atoms with van der Waals surface area (Å²) in [6.45, 7) is 1.03. The summed E-state index contributed by atoms with van der Waals surface area (Å²) >= 11 is 0. The van der Waals surface area contributed by atoms with E-state index < -0.39 is 0 Å². The number of rotatable bonds is 4. The normalized spacial score (nSPS) is 20.5. The van der Waals surface area contributed by atoms with Crippen molar-refractivity contribution in [3.63, 3.8) is 0 Å². The zero-order valence-corrected chi connectivity index (χ0v) is 13.4. The van der Waals surface area contributed by atoms with Crippen LogP contribution in [0.5, 0.6) is 0 Å². The van der Waals surface area contributed by atoms with Crippen molar-refractivity contribution in [3.8, 4) is 0 Å². The smallest absolute Gasteiger partial charge is 0.226 e. The molecule has 0 bridgehead atoms. The van der Waals surface area contributed by atoms with Gasteiger partial charge >= 0.3 is 0 Å². The molecule has 1 amide bonds. The van der Waals surface area contributed by atoms with Crippen LogP contribution >= 0.6 is 0 Å². The summed E-state index contributed by atoms with van der Waals surface area (Å²) < 4.78 is 9.47. The van der Waals surface area contributed by atoms with Crippen molar-refractivity contribution in [1.29, 1.82) is 0 Å². The Balaban J connectivity index is 1.47. The van der Waals surface area contributed by atoms with Crippen molar-refractivity contribution in [2.75, 3.05) is 6.61 Å². The Morgan fingerprint density at radius 2 is 2.33 bits per heavy atom. The van der Waals surface area contributed by atoms with Crippen LogP contribution in [0.25, 0.3) is 5.52 Å². The van der Waals surface area contributed by atoms with Gasteiger partial charge in [-0.3, -0.25) is 4.79 Å². The number of carbonyl (C=O) groups is 1. The van der Waals surface area contributed by atoms with E-state index in [0.29, 0.717) is 19.6 Å². The number of hydrogen-bond donors (Lipinski definition) is 1. The summed E-state index contributed by atoms with van der Waals surface area (Å²) in [7, 11) is 1.91. The fourth-order valence-electron chi connectivity index (χ4n) is 3.20. The largest absolute Gasteiger partial charge is 0.369 e. The van der Waals surface area contributed by atoms with E-state index in [1.165, 1.54) is 0 Å². The number of aryl methyl sites for hydroxylation is 1. The van der Waals surface area contributed by atoms with Gasteiger partial charge < -0.3 is 14.6 Å². The van der Waals surface area contributed by atoms with Crippen molar-refractivity contribution in [2.24, 2.45) is 13.0 Å². The number of fused-ring (bicyclic) bond motifs is 1. The van der Waals surface area contributed by atoms with Gasteiger partial charge in [-0.05, 0) is 18.6 Å². The minimum absolute atomic E-state index is 0.00391. The summed E-state index contributed by atoms with van der Waals surface area (Å²) in [4.78, 5) is 17.0. The lowest BCUT2D eigenvalue weighted by molar-refractivity contribution is -0.127. The van der Waals surface area contributed by atoms with E-state index in [1.807, 2.05) is 42.2 Å². The molecule has 3 aromatic rings. The first-order valence-electron chi connectivity index (χ1n) is 8.02. The zero-order chi connectivity index (χ0) is 16.5. The second kappa shape index (κ2) is 6.09. The third kappa shape index (κ3) is 2.56. The van der Waals surface area contributed by atoms with Crippen molar-refractivity contribution in [2.45, 2.75) is 19.1 Å². The highest BCUT2D eigenvalue weighted by atomic mass is 16.5. The zero-order valence-electron chi connectivity index (χ0n) is 13.4. The molecule has 7 heteroatoms. The molecule has 1 aliphatic heterocycles. The molecule has 0 unspecified atom stereocenters. The van der Waals surface area contributed by atoms with Crippen LogP contribution in [0.4, 0.5) is 0 Å². The van der Waals surface area contributed by atoms with Crippen molar-refractivity contribution >= 4 is 11.4 Å². The average molecular weight is 325 g/mol. The maximum atomic E-state index is 12.6.